The number of anilines is 2. The molecule has 1 aliphatic carbocycles. The van der Waals surface area contributed by atoms with E-state index in [4.69, 9.17) is 0 Å². The predicted octanol–water partition coefficient (Wildman–Crippen LogP) is 9.05. The van der Waals surface area contributed by atoms with Gasteiger partial charge >= 0.3 is 0 Å². The molecule has 4 aromatic rings. The van der Waals surface area contributed by atoms with Gasteiger partial charge in [0.25, 0.3) is 18.2 Å². The summed E-state index contributed by atoms with van der Waals surface area (Å²) in [5, 5.41) is 13.3. The average Bonchev–Trinajstić information content (AvgIpc) is 3.58. The van der Waals surface area contributed by atoms with Crippen molar-refractivity contribution in [2.45, 2.75) is 91.9 Å². The summed E-state index contributed by atoms with van der Waals surface area (Å²) in [4.78, 5) is 25.0. The van der Waals surface area contributed by atoms with E-state index in [1.165, 1.54) is 30.5 Å². The first-order valence-electron chi connectivity index (χ1n) is 16.2. The molecule has 2 aromatic heterocycles. The van der Waals surface area contributed by atoms with Crippen LogP contribution in [0.1, 0.15) is 128 Å². The molecule has 11 heteroatoms. The molecule has 0 fully saturated rings. The van der Waals surface area contributed by atoms with Crippen molar-refractivity contribution in [1.82, 2.24) is 19.6 Å². The zero-order chi connectivity index (χ0) is 35.7. The minimum Gasteiger partial charge on any atom is -0.322 e. The molecule has 2 aromatic carbocycles. The molecule has 5 rings (SSSR count). The molecular weight excluding hydrogens is 617 g/mol. The molecule has 2 N–H and O–H groups in total. The Balaban J connectivity index is 0.000000217. The summed E-state index contributed by atoms with van der Waals surface area (Å²) in [5.74, 6) is -1.06. The standard InChI is InChI=1S/C19H26FN3O.C18H21F2N3O/c1-12(11-19(3,4)5)14-9-7-8-10-15(14)21-18(24)16-13(2)22-23(6)17(16)20;1-10-8-18(2,3)12-6-5-7-13(14(10)12)21-17(24)11-9-23(4)22-15(11)16(19)20/h7-10,12H,11H2,1-6H3,(H,21,24);5-7,9-10,16H,8H2,1-4H3,(H,21,24). The lowest BCUT2D eigenvalue weighted by Gasteiger charge is -2.25. The van der Waals surface area contributed by atoms with Crippen LogP contribution in [-0.4, -0.2) is 31.4 Å². The van der Waals surface area contributed by atoms with Crippen LogP contribution in [0.2, 0.25) is 0 Å². The minimum absolute atomic E-state index is 0.00391. The summed E-state index contributed by atoms with van der Waals surface area (Å²) >= 11 is 0. The van der Waals surface area contributed by atoms with Crippen molar-refractivity contribution in [3.8, 4) is 0 Å². The Morgan fingerprint density at radius 3 is 2.23 bits per heavy atom. The van der Waals surface area contributed by atoms with Gasteiger partial charge in [-0.3, -0.25) is 14.3 Å². The zero-order valence-corrected chi connectivity index (χ0v) is 29.5. The van der Waals surface area contributed by atoms with E-state index in [0.29, 0.717) is 17.3 Å². The molecule has 0 radical (unpaired) electrons. The highest BCUT2D eigenvalue weighted by atomic mass is 19.3. The smallest absolute Gasteiger partial charge is 0.282 e. The number of aryl methyl sites for hydroxylation is 3. The van der Waals surface area contributed by atoms with Crippen molar-refractivity contribution in [3.05, 3.63) is 93.8 Å². The predicted molar refractivity (Wildman–Crippen MR) is 183 cm³/mol. The lowest BCUT2D eigenvalue weighted by atomic mass is 9.82. The number of carbonyl (C=O) groups is 2. The molecule has 8 nitrogen and oxygen atoms in total. The molecule has 0 saturated carbocycles. The van der Waals surface area contributed by atoms with Gasteiger partial charge in [-0.05, 0) is 71.3 Å². The van der Waals surface area contributed by atoms with Gasteiger partial charge in [-0.25, -0.2) is 13.5 Å². The van der Waals surface area contributed by atoms with E-state index >= 15 is 0 Å². The second-order valence-corrected chi connectivity index (χ2v) is 14.7. The number of nitrogens with one attached hydrogen (secondary N) is 2. The fourth-order valence-electron chi connectivity index (χ4n) is 6.95. The molecule has 2 heterocycles. The van der Waals surface area contributed by atoms with Crippen molar-refractivity contribution >= 4 is 23.2 Å². The van der Waals surface area contributed by atoms with Gasteiger partial charge in [-0.2, -0.15) is 14.6 Å². The number of rotatable bonds is 7. The van der Waals surface area contributed by atoms with Gasteiger partial charge in [0.1, 0.15) is 11.3 Å². The molecule has 2 atom stereocenters. The fourth-order valence-corrected chi connectivity index (χ4v) is 6.95. The molecule has 0 aliphatic heterocycles. The molecule has 258 valence electrons. The van der Waals surface area contributed by atoms with Crippen LogP contribution in [-0.2, 0) is 19.5 Å². The van der Waals surface area contributed by atoms with E-state index < -0.39 is 29.9 Å². The molecule has 0 spiro atoms. The molecule has 1 aliphatic rings. The van der Waals surface area contributed by atoms with Crippen LogP contribution in [0, 0.1) is 18.3 Å². The van der Waals surface area contributed by atoms with Crippen LogP contribution in [0.15, 0.2) is 48.7 Å². The number of alkyl halides is 2. The molecular formula is C37H47F3N6O2. The molecule has 48 heavy (non-hydrogen) atoms. The maximum atomic E-state index is 14.1. The number of hydrogen-bond donors (Lipinski definition) is 2. The summed E-state index contributed by atoms with van der Waals surface area (Å²) in [6.45, 7) is 16.8. The summed E-state index contributed by atoms with van der Waals surface area (Å²) in [7, 11) is 3.01. The van der Waals surface area contributed by atoms with E-state index in [2.05, 4.69) is 75.4 Å². The number of fused-ring (bicyclic) bond motifs is 1. The second-order valence-electron chi connectivity index (χ2n) is 14.7. The number of hydrogen-bond acceptors (Lipinski definition) is 4. The number of para-hydroxylation sites is 1. The average molecular weight is 665 g/mol. The first-order chi connectivity index (χ1) is 22.3. The molecule has 2 amide bonds. The highest BCUT2D eigenvalue weighted by Gasteiger charge is 2.36. The second kappa shape index (κ2) is 14.0. The van der Waals surface area contributed by atoms with Gasteiger partial charge in [0.15, 0.2) is 0 Å². The number of nitrogens with zero attached hydrogens (tertiary/aromatic N) is 4. The third kappa shape index (κ3) is 7.99. The van der Waals surface area contributed by atoms with E-state index in [1.54, 1.807) is 6.92 Å². The van der Waals surface area contributed by atoms with Gasteiger partial charge in [-0.15, -0.1) is 0 Å². The topological polar surface area (TPSA) is 93.8 Å². The Bertz CT molecular complexity index is 1800. The third-order valence-corrected chi connectivity index (χ3v) is 8.74. The van der Waals surface area contributed by atoms with E-state index in [-0.39, 0.29) is 27.9 Å². The van der Waals surface area contributed by atoms with Gasteiger partial charge in [-0.1, -0.05) is 78.8 Å². The summed E-state index contributed by atoms with van der Waals surface area (Å²) in [6.07, 6.45) is 0.518. The lowest BCUT2D eigenvalue weighted by Crippen LogP contribution is -2.17. The van der Waals surface area contributed by atoms with Crippen molar-refractivity contribution in [1.29, 1.82) is 0 Å². The Hall–Kier alpha value is -4.41. The zero-order valence-electron chi connectivity index (χ0n) is 29.5. The van der Waals surface area contributed by atoms with E-state index in [9.17, 15) is 22.8 Å². The highest BCUT2D eigenvalue weighted by Crippen LogP contribution is 2.48. The monoisotopic (exact) mass is 664 g/mol. The number of aromatic nitrogens is 4. The normalized spacial score (nSPS) is 15.8. The van der Waals surface area contributed by atoms with E-state index in [1.807, 2.05) is 36.4 Å². The number of amides is 2. The summed E-state index contributed by atoms with van der Waals surface area (Å²) in [6, 6.07) is 13.5. The van der Waals surface area contributed by atoms with Crippen molar-refractivity contribution in [2.75, 3.05) is 10.6 Å². The lowest BCUT2D eigenvalue weighted by molar-refractivity contribution is 0.100. The largest absolute Gasteiger partial charge is 0.322 e. The summed E-state index contributed by atoms with van der Waals surface area (Å²) < 4.78 is 42.5. The van der Waals surface area contributed by atoms with Crippen molar-refractivity contribution < 1.29 is 22.8 Å². The number of carbonyl (C=O) groups excluding carboxylic acids is 2. The van der Waals surface area contributed by atoms with Gasteiger partial charge in [0.2, 0.25) is 5.95 Å². The maximum absolute atomic E-state index is 14.1. The fraction of sp³-hybridized carbons (Fsp3) is 0.459. The Morgan fingerprint density at radius 2 is 1.62 bits per heavy atom. The van der Waals surface area contributed by atoms with Crippen LogP contribution in [0.5, 0.6) is 0 Å². The molecule has 0 saturated heterocycles. The van der Waals surface area contributed by atoms with E-state index in [0.717, 1.165) is 34.3 Å². The highest BCUT2D eigenvalue weighted by molar-refractivity contribution is 6.06. The summed E-state index contributed by atoms with van der Waals surface area (Å²) in [5.41, 5.74) is 4.80. The van der Waals surface area contributed by atoms with Crippen LogP contribution in [0.25, 0.3) is 0 Å². The van der Waals surface area contributed by atoms with Gasteiger partial charge in [0.05, 0.1) is 11.3 Å². The van der Waals surface area contributed by atoms with Crippen LogP contribution < -0.4 is 10.6 Å². The first kappa shape index (κ1) is 36.4. The Kier molecular flexibility index (Phi) is 10.6. The molecule has 0 bridgehead atoms. The minimum atomic E-state index is -2.79. The third-order valence-electron chi connectivity index (χ3n) is 8.74. The van der Waals surface area contributed by atoms with Crippen molar-refractivity contribution in [2.24, 2.45) is 19.5 Å². The SMILES string of the molecule is CC1CC(C)(C)c2cccc(NC(=O)c3cn(C)nc3C(F)F)c21.Cc1nn(C)c(F)c1C(=O)Nc1ccccc1C(C)CC(C)(C)C. The van der Waals surface area contributed by atoms with Crippen LogP contribution >= 0.6 is 0 Å². The van der Waals surface area contributed by atoms with Gasteiger partial charge in [0, 0.05) is 31.7 Å². The Morgan fingerprint density at radius 1 is 1.00 bits per heavy atom. The van der Waals surface area contributed by atoms with Crippen LogP contribution in [0.4, 0.5) is 24.5 Å². The first-order valence-corrected chi connectivity index (χ1v) is 16.2. The number of halogens is 3. The molecule has 2 unspecified atom stereocenters. The Labute approximate surface area is 281 Å². The number of benzene rings is 2. The quantitative estimate of drug-likeness (QED) is 0.206. The van der Waals surface area contributed by atoms with Gasteiger partial charge < -0.3 is 10.6 Å². The maximum Gasteiger partial charge on any atom is 0.282 e. The van der Waals surface area contributed by atoms with Crippen LogP contribution in [0.3, 0.4) is 0 Å². The van der Waals surface area contributed by atoms with Crippen molar-refractivity contribution in [3.63, 3.8) is 0 Å².